The number of hydrogen-bond donors (Lipinski definition) is 0. The number of likely N-dealkylation sites (tertiary alicyclic amines) is 2. The second kappa shape index (κ2) is 7.73. The molecular formula is C25H28N4O. The Bertz CT molecular complexity index is 1040. The van der Waals surface area contributed by atoms with Crippen molar-refractivity contribution < 1.29 is 4.79 Å². The van der Waals surface area contributed by atoms with Crippen molar-refractivity contribution in [3.63, 3.8) is 0 Å². The number of carbonyl (C=O) groups excluding carboxylic acids is 1. The van der Waals surface area contributed by atoms with Crippen LogP contribution in [0.4, 0.5) is 4.79 Å². The molecule has 2 fully saturated rings. The zero-order valence-corrected chi connectivity index (χ0v) is 17.7. The molecule has 2 aliphatic rings. The first-order valence-corrected chi connectivity index (χ1v) is 10.7. The fourth-order valence-electron chi connectivity index (χ4n) is 4.96. The highest BCUT2D eigenvalue weighted by Crippen LogP contribution is 2.33. The van der Waals surface area contributed by atoms with E-state index in [-0.39, 0.29) is 6.03 Å². The molecule has 30 heavy (non-hydrogen) atoms. The quantitative estimate of drug-likeness (QED) is 0.662. The molecule has 5 rings (SSSR count). The van der Waals surface area contributed by atoms with Crippen molar-refractivity contribution in [2.75, 3.05) is 26.2 Å². The minimum absolute atomic E-state index is 0.0106. The SMILES string of the molecule is Cc1cnn(C(=O)N2CC3CN(Cc4ccc(-c5ccccc5)cc4C)CC3C2)c1. The van der Waals surface area contributed by atoms with Crippen LogP contribution in [0.3, 0.4) is 0 Å². The summed E-state index contributed by atoms with van der Waals surface area (Å²) in [5.41, 5.74) is 6.30. The lowest BCUT2D eigenvalue weighted by atomic mass is 9.99. The maximum absolute atomic E-state index is 12.7. The molecule has 0 bridgehead atoms. The molecular weight excluding hydrogens is 372 g/mol. The van der Waals surface area contributed by atoms with Crippen molar-refractivity contribution in [3.8, 4) is 11.1 Å². The molecule has 1 amide bonds. The third-order valence-electron chi connectivity index (χ3n) is 6.58. The molecule has 2 atom stereocenters. The third-order valence-corrected chi connectivity index (χ3v) is 6.58. The Morgan fingerprint density at radius 1 is 0.967 bits per heavy atom. The van der Waals surface area contributed by atoms with Gasteiger partial charge in [-0.2, -0.15) is 9.78 Å². The van der Waals surface area contributed by atoms with Crippen LogP contribution >= 0.6 is 0 Å². The predicted octanol–water partition coefficient (Wildman–Crippen LogP) is 4.20. The van der Waals surface area contributed by atoms with E-state index in [0.29, 0.717) is 11.8 Å². The lowest BCUT2D eigenvalue weighted by Crippen LogP contribution is -2.36. The second-order valence-electron chi connectivity index (χ2n) is 8.87. The summed E-state index contributed by atoms with van der Waals surface area (Å²) >= 11 is 0. The van der Waals surface area contributed by atoms with E-state index in [2.05, 4.69) is 65.5 Å². The van der Waals surface area contributed by atoms with Crippen molar-refractivity contribution >= 4 is 6.03 Å². The van der Waals surface area contributed by atoms with Crippen molar-refractivity contribution in [2.24, 2.45) is 11.8 Å². The maximum Gasteiger partial charge on any atom is 0.344 e. The summed E-state index contributed by atoms with van der Waals surface area (Å²) in [7, 11) is 0. The lowest BCUT2D eigenvalue weighted by Gasteiger charge is -2.22. The summed E-state index contributed by atoms with van der Waals surface area (Å²) in [6.45, 7) is 8.96. The lowest BCUT2D eigenvalue weighted by molar-refractivity contribution is 0.197. The summed E-state index contributed by atoms with van der Waals surface area (Å²) in [5.74, 6) is 1.13. The smallest absolute Gasteiger partial charge is 0.322 e. The van der Waals surface area contributed by atoms with Crippen LogP contribution < -0.4 is 0 Å². The standard InChI is InChI=1S/C25H28N4O/c1-18-11-26-29(12-18)25(30)28-16-23-14-27(15-24(23)17-28)13-22-9-8-21(10-19(22)2)20-6-4-3-5-7-20/h3-12,23-24H,13-17H2,1-2H3. The Morgan fingerprint density at radius 2 is 1.70 bits per heavy atom. The highest BCUT2D eigenvalue weighted by atomic mass is 16.2. The highest BCUT2D eigenvalue weighted by Gasteiger charge is 2.41. The van der Waals surface area contributed by atoms with Crippen LogP contribution in [0.25, 0.3) is 11.1 Å². The number of amides is 1. The molecule has 2 unspecified atom stereocenters. The normalized spacial score (nSPS) is 21.2. The van der Waals surface area contributed by atoms with Gasteiger partial charge in [-0.05, 0) is 53.5 Å². The molecule has 0 aliphatic carbocycles. The van der Waals surface area contributed by atoms with Gasteiger partial charge in [0.1, 0.15) is 0 Å². The van der Waals surface area contributed by atoms with Crippen LogP contribution in [0.5, 0.6) is 0 Å². The van der Waals surface area contributed by atoms with Gasteiger partial charge in [0.25, 0.3) is 0 Å². The molecule has 0 N–H and O–H groups in total. The van der Waals surface area contributed by atoms with Crippen LogP contribution in [-0.2, 0) is 6.54 Å². The van der Waals surface area contributed by atoms with Crippen LogP contribution in [0.1, 0.15) is 16.7 Å². The number of hydrogen-bond acceptors (Lipinski definition) is 3. The molecule has 2 saturated heterocycles. The van der Waals surface area contributed by atoms with Gasteiger partial charge in [-0.1, -0.05) is 48.5 Å². The first kappa shape index (κ1) is 19.1. The first-order valence-electron chi connectivity index (χ1n) is 10.7. The van der Waals surface area contributed by atoms with Crippen LogP contribution in [0.2, 0.25) is 0 Å². The zero-order chi connectivity index (χ0) is 20.7. The van der Waals surface area contributed by atoms with Crippen molar-refractivity contribution in [3.05, 3.63) is 77.6 Å². The van der Waals surface area contributed by atoms with Gasteiger partial charge < -0.3 is 4.90 Å². The number of benzene rings is 2. The van der Waals surface area contributed by atoms with E-state index < -0.39 is 0 Å². The number of fused-ring (bicyclic) bond motifs is 1. The van der Waals surface area contributed by atoms with Gasteiger partial charge in [0, 0.05) is 38.9 Å². The van der Waals surface area contributed by atoms with E-state index in [1.807, 2.05) is 18.0 Å². The van der Waals surface area contributed by atoms with Gasteiger partial charge in [-0.15, -0.1) is 0 Å². The van der Waals surface area contributed by atoms with E-state index in [1.54, 1.807) is 6.20 Å². The topological polar surface area (TPSA) is 41.4 Å². The zero-order valence-electron chi connectivity index (χ0n) is 17.7. The van der Waals surface area contributed by atoms with Crippen LogP contribution in [0.15, 0.2) is 60.9 Å². The Labute approximate surface area is 177 Å². The molecule has 1 aromatic heterocycles. The summed E-state index contributed by atoms with van der Waals surface area (Å²) in [6.07, 6.45) is 3.55. The van der Waals surface area contributed by atoms with Crippen molar-refractivity contribution in [1.29, 1.82) is 0 Å². The van der Waals surface area contributed by atoms with Gasteiger partial charge in [0.2, 0.25) is 0 Å². The van der Waals surface area contributed by atoms with Gasteiger partial charge >= 0.3 is 6.03 Å². The average molecular weight is 401 g/mol. The average Bonchev–Trinajstić information content (AvgIpc) is 3.44. The fraction of sp³-hybridized carbons (Fsp3) is 0.360. The van der Waals surface area contributed by atoms with Crippen molar-refractivity contribution in [1.82, 2.24) is 19.6 Å². The van der Waals surface area contributed by atoms with Gasteiger partial charge in [0.05, 0.1) is 6.20 Å². The van der Waals surface area contributed by atoms with Crippen LogP contribution in [0, 0.1) is 25.7 Å². The minimum Gasteiger partial charge on any atom is -0.322 e. The number of aromatic nitrogens is 2. The molecule has 5 heteroatoms. The molecule has 0 spiro atoms. The first-order chi connectivity index (χ1) is 14.6. The monoisotopic (exact) mass is 400 g/mol. The van der Waals surface area contributed by atoms with E-state index in [9.17, 15) is 4.79 Å². The molecule has 5 nitrogen and oxygen atoms in total. The molecule has 0 radical (unpaired) electrons. The molecule has 3 heterocycles. The molecule has 2 aliphatic heterocycles. The fourth-order valence-corrected chi connectivity index (χ4v) is 4.96. The molecule has 154 valence electrons. The largest absolute Gasteiger partial charge is 0.344 e. The summed E-state index contributed by atoms with van der Waals surface area (Å²) in [4.78, 5) is 17.2. The molecule has 0 saturated carbocycles. The van der Waals surface area contributed by atoms with Gasteiger partial charge in [0.15, 0.2) is 0 Å². The predicted molar refractivity (Wildman–Crippen MR) is 118 cm³/mol. The minimum atomic E-state index is 0.0106. The Kier molecular flexibility index (Phi) is 4.91. The number of aryl methyl sites for hydroxylation is 2. The Morgan fingerprint density at radius 3 is 2.33 bits per heavy atom. The Hall–Kier alpha value is -2.92. The van der Waals surface area contributed by atoms with Gasteiger partial charge in [-0.25, -0.2) is 4.79 Å². The van der Waals surface area contributed by atoms with Crippen LogP contribution in [-0.4, -0.2) is 51.8 Å². The molecule has 2 aromatic carbocycles. The van der Waals surface area contributed by atoms with E-state index in [1.165, 1.54) is 26.9 Å². The molecule has 3 aromatic rings. The van der Waals surface area contributed by atoms with Gasteiger partial charge in [-0.3, -0.25) is 4.90 Å². The summed E-state index contributed by atoms with van der Waals surface area (Å²) in [5, 5.41) is 4.18. The Balaban J connectivity index is 1.21. The third kappa shape index (κ3) is 3.65. The highest BCUT2D eigenvalue weighted by molar-refractivity contribution is 5.76. The van der Waals surface area contributed by atoms with E-state index in [4.69, 9.17) is 0 Å². The van der Waals surface area contributed by atoms with E-state index in [0.717, 1.165) is 38.3 Å². The summed E-state index contributed by atoms with van der Waals surface area (Å²) in [6, 6.07) is 17.4. The number of carbonyl (C=O) groups is 1. The maximum atomic E-state index is 12.7. The number of nitrogens with zero attached hydrogens (tertiary/aromatic N) is 4. The number of rotatable bonds is 3. The summed E-state index contributed by atoms with van der Waals surface area (Å²) < 4.78 is 1.48. The van der Waals surface area contributed by atoms with E-state index >= 15 is 0 Å². The second-order valence-corrected chi connectivity index (χ2v) is 8.87. The van der Waals surface area contributed by atoms with Crippen molar-refractivity contribution in [2.45, 2.75) is 20.4 Å².